The highest BCUT2D eigenvalue weighted by atomic mass is 16.5. The number of hydrogen-bond donors (Lipinski definition) is 1. The van der Waals surface area contributed by atoms with Gasteiger partial charge in [0.2, 0.25) is 0 Å². The van der Waals surface area contributed by atoms with Crippen LogP contribution in [0.5, 0.6) is 5.75 Å². The van der Waals surface area contributed by atoms with Gasteiger partial charge in [0, 0.05) is 6.54 Å². The first-order valence-corrected chi connectivity index (χ1v) is 5.15. The predicted molar refractivity (Wildman–Crippen MR) is 57.4 cm³/mol. The molecule has 14 heavy (non-hydrogen) atoms. The number of ether oxygens (including phenoxy) is 1. The zero-order valence-corrected chi connectivity index (χ0v) is 8.92. The monoisotopic (exact) mass is 194 g/mol. The van der Waals surface area contributed by atoms with E-state index in [2.05, 4.69) is 24.1 Å². The van der Waals surface area contributed by atoms with Crippen molar-refractivity contribution < 1.29 is 4.74 Å². The SMILES string of the molecule is CCCOc1ccc(CNCC)nc1. The van der Waals surface area contributed by atoms with Gasteiger partial charge in [-0.2, -0.15) is 0 Å². The summed E-state index contributed by atoms with van der Waals surface area (Å²) in [6, 6.07) is 3.96. The van der Waals surface area contributed by atoms with Gasteiger partial charge in [0.25, 0.3) is 0 Å². The van der Waals surface area contributed by atoms with Crippen molar-refractivity contribution >= 4 is 0 Å². The standard InChI is InChI=1S/C11H18N2O/c1-3-7-14-11-6-5-10(13-9-11)8-12-4-2/h5-6,9,12H,3-4,7-8H2,1-2H3. The average Bonchev–Trinajstić information content (AvgIpc) is 2.25. The van der Waals surface area contributed by atoms with E-state index < -0.39 is 0 Å². The Morgan fingerprint density at radius 3 is 2.79 bits per heavy atom. The van der Waals surface area contributed by atoms with Crippen molar-refractivity contribution in [2.75, 3.05) is 13.2 Å². The molecule has 1 N–H and O–H groups in total. The largest absolute Gasteiger partial charge is 0.492 e. The van der Waals surface area contributed by atoms with Crippen LogP contribution in [0, 0.1) is 0 Å². The molecule has 0 saturated carbocycles. The number of rotatable bonds is 6. The normalized spacial score (nSPS) is 10.1. The van der Waals surface area contributed by atoms with Crippen LogP contribution in [0.25, 0.3) is 0 Å². The summed E-state index contributed by atoms with van der Waals surface area (Å²) >= 11 is 0. The molecule has 0 saturated heterocycles. The van der Waals surface area contributed by atoms with E-state index in [1.807, 2.05) is 12.1 Å². The summed E-state index contributed by atoms with van der Waals surface area (Å²) in [5.74, 6) is 0.854. The Hall–Kier alpha value is -1.09. The van der Waals surface area contributed by atoms with Crippen LogP contribution in [0.1, 0.15) is 26.0 Å². The van der Waals surface area contributed by atoms with Crippen LogP contribution >= 0.6 is 0 Å². The minimum absolute atomic E-state index is 0.758. The molecule has 3 nitrogen and oxygen atoms in total. The molecule has 0 radical (unpaired) electrons. The first kappa shape index (κ1) is 11.0. The first-order valence-electron chi connectivity index (χ1n) is 5.15. The van der Waals surface area contributed by atoms with Gasteiger partial charge in [0.05, 0.1) is 18.5 Å². The number of nitrogens with one attached hydrogen (secondary N) is 1. The highest BCUT2D eigenvalue weighted by molar-refractivity contribution is 5.19. The van der Waals surface area contributed by atoms with Crippen LogP contribution in [0.3, 0.4) is 0 Å². The maximum absolute atomic E-state index is 5.43. The van der Waals surface area contributed by atoms with Crippen molar-refractivity contribution in [1.82, 2.24) is 10.3 Å². The van der Waals surface area contributed by atoms with E-state index in [1.54, 1.807) is 6.20 Å². The molecule has 1 heterocycles. The molecule has 1 aromatic rings. The van der Waals surface area contributed by atoms with Crippen LogP contribution in [-0.2, 0) is 6.54 Å². The molecule has 3 heteroatoms. The Morgan fingerprint density at radius 1 is 1.36 bits per heavy atom. The zero-order valence-electron chi connectivity index (χ0n) is 8.92. The summed E-state index contributed by atoms with van der Waals surface area (Å²) in [6.07, 6.45) is 2.81. The maximum atomic E-state index is 5.43. The Kier molecular flexibility index (Phi) is 5.00. The first-order chi connectivity index (χ1) is 6.86. The predicted octanol–water partition coefficient (Wildman–Crippen LogP) is 1.98. The van der Waals surface area contributed by atoms with Crippen LogP contribution in [-0.4, -0.2) is 18.1 Å². The summed E-state index contributed by atoms with van der Waals surface area (Å²) < 4.78 is 5.43. The Morgan fingerprint density at radius 2 is 2.21 bits per heavy atom. The van der Waals surface area contributed by atoms with E-state index in [-0.39, 0.29) is 0 Å². The molecular weight excluding hydrogens is 176 g/mol. The third-order valence-corrected chi connectivity index (χ3v) is 1.83. The highest BCUT2D eigenvalue weighted by Crippen LogP contribution is 2.09. The zero-order chi connectivity index (χ0) is 10.2. The summed E-state index contributed by atoms with van der Waals surface area (Å²) in [4.78, 5) is 4.28. The number of hydrogen-bond acceptors (Lipinski definition) is 3. The molecule has 0 amide bonds. The van der Waals surface area contributed by atoms with Crippen LogP contribution in [0.2, 0.25) is 0 Å². The van der Waals surface area contributed by atoms with E-state index in [9.17, 15) is 0 Å². The molecule has 0 aliphatic carbocycles. The molecule has 1 aromatic heterocycles. The molecule has 0 aromatic carbocycles. The lowest BCUT2D eigenvalue weighted by Crippen LogP contribution is -2.12. The summed E-state index contributed by atoms with van der Waals surface area (Å²) in [6.45, 7) is 6.72. The minimum atomic E-state index is 0.758. The molecule has 0 unspecified atom stereocenters. The second-order valence-electron chi connectivity index (χ2n) is 3.11. The number of nitrogens with zero attached hydrogens (tertiary/aromatic N) is 1. The lowest BCUT2D eigenvalue weighted by atomic mass is 10.3. The third kappa shape index (κ3) is 3.75. The lowest BCUT2D eigenvalue weighted by Gasteiger charge is -2.05. The fraction of sp³-hybridized carbons (Fsp3) is 0.545. The molecule has 78 valence electrons. The van der Waals surface area contributed by atoms with Crippen molar-refractivity contribution in [1.29, 1.82) is 0 Å². The summed E-state index contributed by atoms with van der Waals surface area (Å²) in [5.41, 5.74) is 1.05. The van der Waals surface area contributed by atoms with Crippen molar-refractivity contribution in [3.8, 4) is 5.75 Å². The van der Waals surface area contributed by atoms with E-state index in [4.69, 9.17) is 4.74 Å². The molecule has 0 spiro atoms. The van der Waals surface area contributed by atoms with Gasteiger partial charge in [-0.15, -0.1) is 0 Å². The van der Waals surface area contributed by atoms with Crippen LogP contribution in [0.4, 0.5) is 0 Å². The lowest BCUT2D eigenvalue weighted by molar-refractivity contribution is 0.316. The van der Waals surface area contributed by atoms with Gasteiger partial charge in [0.1, 0.15) is 5.75 Å². The van der Waals surface area contributed by atoms with Crippen molar-refractivity contribution in [2.45, 2.75) is 26.8 Å². The van der Waals surface area contributed by atoms with E-state index >= 15 is 0 Å². The molecule has 0 atom stereocenters. The van der Waals surface area contributed by atoms with E-state index in [0.717, 1.165) is 37.6 Å². The van der Waals surface area contributed by atoms with Gasteiger partial charge in [-0.05, 0) is 25.1 Å². The average molecular weight is 194 g/mol. The summed E-state index contributed by atoms with van der Waals surface area (Å²) in [5, 5.41) is 3.22. The van der Waals surface area contributed by atoms with Gasteiger partial charge in [-0.1, -0.05) is 13.8 Å². The van der Waals surface area contributed by atoms with Gasteiger partial charge in [-0.25, -0.2) is 0 Å². The van der Waals surface area contributed by atoms with Gasteiger partial charge in [0.15, 0.2) is 0 Å². The minimum Gasteiger partial charge on any atom is -0.492 e. The topological polar surface area (TPSA) is 34.1 Å². The Labute approximate surface area is 85.5 Å². The Balaban J connectivity index is 2.42. The molecule has 1 rings (SSSR count). The second kappa shape index (κ2) is 6.38. The van der Waals surface area contributed by atoms with Gasteiger partial charge >= 0.3 is 0 Å². The number of aromatic nitrogens is 1. The highest BCUT2D eigenvalue weighted by Gasteiger charge is 1.95. The van der Waals surface area contributed by atoms with Crippen LogP contribution < -0.4 is 10.1 Å². The molecule has 0 bridgehead atoms. The van der Waals surface area contributed by atoms with Gasteiger partial charge in [-0.3, -0.25) is 4.98 Å². The second-order valence-corrected chi connectivity index (χ2v) is 3.11. The quantitative estimate of drug-likeness (QED) is 0.752. The van der Waals surface area contributed by atoms with Crippen molar-refractivity contribution in [3.05, 3.63) is 24.0 Å². The number of pyridine rings is 1. The maximum Gasteiger partial charge on any atom is 0.137 e. The molecule has 0 aliphatic rings. The fourth-order valence-corrected chi connectivity index (χ4v) is 1.07. The molecule has 0 fully saturated rings. The third-order valence-electron chi connectivity index (χ3n) is 1.83. The van der Waals surface area contributed by atoms with Crippen LogP contribution in [0.15, 0.2) is 18.3 Å². The van der Waals surface area contributed by atoms with E-state index in [0.29, 0.717) is 0 Å². The fourth-order valence-electron chi connectivity index (χ4n) is 1.07. The van der Waals surface area contributed by atoms with Gasteiger partial charge < -0.3 is 10.1 Å². The smallest absolute Gasteiger partial charge is 0.137 e. The van der Waals surface area contributed by atoms with Crippen molar-refractivity contribution in [3.63, 3.8) is 0 Å². The summed E-state index contributed by atoms with van der Waals surface area (Å²) in [7, 11) is 0. The van der Waals surface area contributed by atoms with E-state index in [1.165, 1.54) is 0 Å². The Bertz CT molecular complexity index is 219. The molecule has 0 aliphatic heterocycles. The molecular formula is C11H18N2O. The van der Waals surface area contributed by atoms with Crippen molar-refractivity contribution in [2.24, 2.45) is 0 Å².